The summed E-state index contributed by atoms with van der Waals surface area (Å²) < 4.78 is 28.4. The van der Waals surface area contributed by atoms with E-state index in [1.165, 1.54) is 13.0 Å². The maximum atomic E-state index is 11.0. The first-order chi connectivity index (χ1) is 10.5. The van der Waals surface area contributed by atoms with Crippen LogP contribution in [0.1, 0.15) is 26.7 Å². The van der Waals surface area contributed by atoms with Crippen LogP contribution >= 0.6 is 0 Å². The molecule has 0 heterocycles. The van der Waals surface area contributed by atoms with E-state index in [1.807, 2.05) is 6.92 Å². The van der Waals surface area contributed by atoms with Crippen molar-refractivity contribution in [3.63, 3.8) is 0 Å². The molecule has 10 heteroatoms. The zero-order valence-corrected chi connectivity index (χ0v) is 14.6. The number of amides is 1. The van der Waals surface area contributed by atoms with E-state index in [9.17, 15) is 18.4 Å². The van der Waals surface area contributed by atoms with Crippen LogP contribution in [0.5, 0.6) is 5.75 Å². The molecule has 9 nitrogen and oxygen atoms in total. The number of carbonyl (C=O) groups excluding carboxylic acids is 1. The number of nitrogens with two attached hydrogens (primary N) is 1. The number of aliphatic carboxylic acids is 1. The Hall–Kier alpha value is -1.80. The second kappa shape index (κ2) is 9.36. The number of hydrogen-bond acceptors (Lipinski definition) is 5. The zero-order chi connectivity index (χ0) is 18.2. The standard InChI is InChI=1S/C8H10AsNO5.C5H11NO2/c1-5(11)10-6-2-3-8(12)7(4-6)9(13,14)15;1-2-3-4(6)5(7)8/h2-4,12H,1H3,(H,10,11)(H2,13,14,15);4H,2-3,6H2,1H3,(H,7,8). The first-order valence-electron chi connectivity index (χ1n) is 6.64. The fraction of sp³-hybridized carbons (Fsp3) is 0.385. The predicted octanol–water partition coefficient (Wildman–Crippen LogP) is -0.890. The van der Waals surface area contributed by atoms with Gasteiger partial charge < -0.3 is 10.8 Å². The summed E-state index contributed by atoms with van der Waals surface area (Å²) in [6.07, 6.45) is 1.39. The van der Waals surface area contributed by atoms with Crippen molar-refractivity contribution in [2.24, 2.45) is 5.73 Å². The molecule has 0 aliphatic carbocycles. The van der Waals surface area contributed by atoms with Crippen molar-refractivity contribution < 1.29 is 31.7 Å². The molecular weight excluding hydrogens is 371 g/mol. The Labute approximate surface area is 136 Å². The topological polar surface area (TPSA) is 170 Å². The van der Waals surface area contributed by atoms with Gasteiger partial charge in [-0.2, -0.15) is 0 Å². The number of anilines is 1. The number of rotatable bonds is 5. The minimum absolute atomic E-state index is 0.236. The molecule has 1 aromatic rings. The maximum Gasteiger partial charge on any atom is 0.320 e. The van der Waals surface area contributed by atoms with Crippen molar-refractivity contribution in [3.8, 4) is 5.75 Å². The second-order valence-electron chi connectivity index (χ2n) is 4.66. The molecule has 1 unspecified atom stereocenters. The number of phenols is 1. The third kappa shape index (κ3) is 8.41. The summed E-state index contributed by atoms with van der Waals surface area (Å²) >= 11 is -5.15. The van der Waals surface area contributed by atoms with Crippen molar-refractivity contribution in [2.75, 3.05) is 5.32 Å². The van der Waals surface area contributed by atoms with Crippen molar-refractivity contribution in [1.29, 1.82) is 0 Å². The van der Waals surface area contributed by atoms with Gasteiger partial charge in [0.15, 0.2) is 0 Å². The van der Waals surface area contributed by atoms with E-state index in [2.05, 4.69) is 5.32 Å². The summed E-state index contributed by atoms with van der Waals surface area (Å²) in [4.78, 5) is 20.7. The molecule has 1 aromatic carbocycles. The zero-order valence-electron chi connectivity index (χ0n) is 12.8. The van der Waals surface area contributed by atoms with E-state index < -0.39 is 36.3 Å². The third-order valence-electron chi connectivity index (χ3n) is 2.53. The van der Waals surface area contributed by atoms with Crippen molar-refractivity contribution >= 4 is 36.1 Å². The van der Waals surface area contributed by atoms with Crippen molar-refractivity contribution in [2.45, 2.75) is 32.7 Å². The molecule has 0 bridgehead atoms. The Balaban J connectivity index is 0.000000515. The van der Waals surface area contributed by atoms with E-state index in [-0.39, 0.29) is 11.6 Å². The first kappa shape index (κ1) is 21.2. The van der Waals surface area contributed by atoms with Gasteiger partial charge >= 0.3 is 94.1 Å². The molecule has 1 amide bonds. The molecule has 130 valence electrons. The average Bonchev–Trinajstić information content (AvgIpc) is 2.40. The number of benzene rings is 1. The predicted molar refractivity (Wildman–Crippen MR) is 83.4 cm³/mol. The van der Waals surface area contributed by atoms with Crippen LogP contribution in [0.25, 0.3) is 0 Å². The normalized spacial score (nSPS) is 11.9. The van der Waals surface area contributed by atoms with E-state index in [4.69, 9.17) is 19.0 Å². The maximum absolute atomic E-state index is 11.0. The second-order valence-corrected chi connectivity index (χ2v) is 7.96. The third-order valence-corrected chi connectivity index (χ3v) is 4.59. The quantitative estimate of drug-likeness (QED) is 0.277. The summed E-state index contributed by atoms with van der Waals surface area (Å²) in [5, 5.41) is 19.8. The molecule has 1 atom stereocenters. The minimum Gasteiger partial charge on any atom is -0.480 e. The summed E-state index contributed by atoms with van der Waals surface area (Å²) in [6, 6.07) is 2.88. The smallest absolute Gasteiger partial charge is 0.320 e. The Morgan fingerprint density at radius 1 is 1.35 bits per heavy atom. The van der Waals surface area contributed by atoms with E-state index in [1.54, 1.807) is 0 Å². The Morgan fingerprint density at radius 3 is 2.26 bits per heavy atom. The number of carboxylic acids is 1. The number of aromatic hydroxyl groups is 1. The number of carboxylic acid groups (broad SMARTS) is 1. The Kier molecular flexibility index (Phi) is 8.63. The molecular formula is C13H21AsN2O7. The largest absolute Gasteiger partial charge is 0.480 e. The average molecular weight is 392 g/mol. The minimum atomic E-state index is -5.15. The molecule has 0 saturated heterocycles. The summed E-state index contributed by atoms with van der Waals surface area (Å²) in [5.41, 5.74) is 5.36. The molecule has 0 aliphatic rings. The van der Waals surface area contributed by atoms with Crippen LogP contribution in [0.15, 0.2) is 18.2 Å². The Morgan fingerprint density at radius 2 is 1.91 bits per heavy atom. The van der Waals surface area contributed by atoms with Crippen molar-refractivity contribution in [3.05, 3.63) is 18.2 Å². The van der Waals surface area contributed by atoms with Crippen LogP contribution in [-0.4, -0.2) is 50.5 Å². The molecule has 0 radical (unpaired) electrons. The van der Waals surface area contributed by atoms with Crippen LogP contribution in [0.3, 0.4) is 0 Å². The monoisotopic (exact) mass is 392 g/mol. The number of phenolic OH excluding ortho intramolecular Hbond substituents is 1. The molecule has 0 saturated carbocycles. The number of carbonyl (C=O) groups is 2. The summed E-state index contributed by atoms with van der Waals surface area (Å²) in [7, 11) is 0. The van der Waals surface area contributed by atoms with Crippen LogP contribution < -0.4 is 15.4 Å². The molecule has 0 aliphatic heterocycles. The van der Waals surface area contributed by atoms with E-state index in [0.29, 0.717) is 6.42 Å². The molecule has 0 spiro atoms. The van der Waals surface area contributed by atoms with Crippen LogP contribution in [0.4, 0.5) is 5.69 Å². The van der Waals surface area contributed by atoms with Gasteiger partial charge in [-0.3, -0.25) is 4.79 Å². The van der Waals surface area contributed by atoms with Gasteiger partial charge in [-0.05, 0) is 6.42 Å². The number of nitrogens with one attached hydrogen (secondary N) is 1. The summed E-state index contributed by atoms with van der Waals surface area (Å²) in [6.45, 7) is 3.18. The van der Waals surface area contributed by atoms with Crippen LogP contribution in [0.2, 0.25) is 0 Å². The van der Waals surface area contributed by atoms with Crippen LogP contribution in [-0.2, 0) is 13.3 Å². The number of hydrogen-bond donors (Lipinski definition) is 6. The SMILES string of the molecule is CC(=O)Nc1ccc(O)c([As](=O)(O)O)c1.CCCC(N)C(=O)O. The van der Waals surface area contributed by atoms with Gasteiger partial charge in [0.25, 0.3) is 0 Å². The molecule has 23 heavy (non-hydrogen) atoms. The fourth-order valence-corrected chi connectivity index (χ4v) is 2.90. The van der Waals surface area contributed by atoms with E-state index >= 15 is 0 Å². The van der Waals surface area contributed by atoms with Gasteiger partial charge in [-0.25, -0.2) is 0 Å². The fourth-order valence-electron chi connectivity index (χ4n) is 1.47. The van der Waals surface area contributed by atoms with Gasteiger partial charge in [0.1, 0.15) is 6.04 Å². The van der Waals surface area contributed by atoms with Gasteiger partial charge in [-0.15, -0.1) is 0 Å². The summed E-state index contributed by atoms with van der Waals surface area (Å²) in [5.74, 6) is -1.74. The van der Waals surface area contributed by atoms with Gasteiger partial charge in [0, 0.05) is 0 Å². The van der Waals surface area contributed by atoms with Gasteiger partial charge in [0.2, 0.25) is 0 Å². The molecule has 1 rings (SSSR count). The Bertz CT molecular complexity index is 600. The van der Waals surface area contributed by atoms with E-state index in [0.717, 1.165) is 18.6 Å². The molecule has 0 fully saturated rings. The van der Waals surface area contributed by atoms with Gasteiger partial charge in [-0.1, -0.05) is 13.3 Å². The molecule has 0 aromatic heterocycles. The van der Waals surface area contributed by atoms with Crippen molar-refractivity contribution in [1.82, 2.24) is 0 Å². The molecule has 7 N–H and O–H groups in total. The van der Waals surface area contributed by atoms with Crippen LogP contribution in [0, 0.1) is 0 Å². The first-order valence-corrected chi connectivity index (χ1v) is 10.0. The van der Waals surface area contributed by atoms with Gasteiger partial charge in [0.05, 0.1) is 0 Å².